The maximum Gasteiger partial charge on any atom is 0.191 e. The van der Waals surface area contributed by atoms with Crippen LogP contribution in [0, 0.1) is 5.92 Å². The van der Waals surface area contributed by atoms with Crippen LogP contribution in [0.25, 0.3) is 5.65 Å². The summed E-state index contributed by atoms with van der Waals surface area (Å²) in [4.78, 5) is 6.78. The predicted octanol–water partition coefficient (Wildman–Crippen LogP) is 2.68. The van der Waals surface area contributed by atoms with Crippen molar-refractivity contribution in [3.63, 3.8) is 0 Å². The van der Waals surface area contributed by atoms with Gasteiger partial charge in [-0.25, -0.2) is 0 Å². The normalized spacial score (nSPS) is 17.3. The number of hydrogen-bond acceptors (Lipinski definition) is 4. The van der Waals surface area contributed by atoms with Gasteiger partial charge in [0.25, 0.3) is 0 Å². The number of halogens is 1. The Balaban J connectivity index is 1.27. The molecule has 7 nitrogen and oxygen atoms in total. The maximum absolute atomic E-state index is 4.33. The van der Waals surface area contributed by atoms with Gasteiger partial charge in [0, 0.05) is 43.0 Å². The molecule has 0 aliphatic carbocycles. The van der Waals surface area contributed by atoms with Crippen LogP contribution in [0.15, 0.2) is 58.1 Å². The Bertz CT molecular complexity index is 951. The molecular weight excluding hydrogens is 418 g/mol. The number of benzene rings is 1. The lowest BCUT2D eigenvalue weighted by Crippen LogP contribution is -2.40. The Labute approximate surface area is 173 Å². The molecule has 1 saturated heterocycles. The van der Waals surface area contributed by atoms with Gasteiger partial charge in [0.15, 0.2) is 17.4 Å². The molecule has 3 aromatic rings. The van der Waals surface area contributed by atoms with E-state index in [0.29, 0.717) is 12.5 Å². The van der Waals surface area contributed by atoms with Gasteiger partial charge in [-0.05, 0) is 48.7 Å². The lowest BCUT2D eigenvalue weighted by Gasteiger charge is -2.19. The van der Waals surface area contributed by atoms with Gasteiger partial charge in [0.1, 0.15) is 0 Å². The van der Waals surface area contributed by atoms with Gasteiger partial charge in [-0.3, -0.25) is 9.39 Å². The van der Waals surface area contributed by atoms with E-state index in [2.05, 4.69) is 70.9 Å². The average molecular weight is 442 g/mol. The highest BCUT2D eigenvalue weighted by molar-refractivity contribution is 9.10. The van der Waals surface area contributed by atoms with Gasteiger partial charge in [-0.15, -0.1) is 10.2 Å². The van der Waals surface area contributed by atoms with Gasteiger partial charge in [-0.2, -0.15) is 0 Å². The number of anilines is 1. The highest BCUT2D eigenvalue weighted by Crippen LogP contribution is 2.24. The van der Waals surface area contributed by atoms with E-state index in [1.54, 1.807) is 7.05 Å². The minimum atomic E-state index is 0.570. The zero-order valence-corrected chi connectivity index (χ0v) is 17.4. The zero-order chi connectivity index (χ0) is 19.3. The van der Waals surface area contributed by atoms with Crippen molar-refractivity contribution in [1.82, 2.24) is 25.2 Å². The van der Waals surface area contributed by atoms with Crippen molar-refractivity contribution in [2.45, 2.75) is 13.0 Å². The first-order valence-corrected chi connectivity index (χ1v) is 10.3. The van der Waals surface area contributed by atoms with Gasteiger partial charge in [0.2, 0.25) is 0 Å². The molecule has 1 unspecified atom stereocenters. The molecule has 1 aliphatic rings. The van der Waals surface area contributed by atoms with Gasteiger partial charge in [0.05, 0.1) is 6.54 Å². The first-order valence-electron chi connectivity index (χ1n) is 9.46. The highest BCUT2D eigenvalue weighted by Gasteiger charge is 2.22. The molecule has 1 fully saturated rings. The van der Waals surface area contributed by atoms with Crippen LogP contribution in [0.5, 0.6) is 0 Å². The van der Waals surface area contributed by atoms with E-state index in [4.69, 9.17) is 0 Å². The summed E-state index contributed by atoms with van der Waals surface area (Å²) in [5.41, 5.74) is 2.13. The molecule has 0 amide bonds. The molecule has 8 heteroatoms. The van der Waals surface area contributed by atoms with Gasteiger partial charge in [-0.1, -0.05) is 22.0 Å². The van der Waals surface area contributed by atoms with Crippen molar-refractivity contribution >= 4 is 33.2 Å². The SMILES string of the molecule is CN=C(NCc1nnc2ccccn12)NCC1CCN(c2ccc(Br)cc2)C1. The smallest absolute Gasteiger partial charge is 0.191 e. The second-order valence-electron chi connectivity index (χ2n) is 6.93. The number of fused-ring (bicyclic) bond motifs is 1. The van der Waals surface area contributed by atoms with E-state index in [0.717, 1.165) is 41.5 Å². The molecular formula is C20H24BrN7. The molecule has 146 valence electrons. The minimum absolute atomic E-state index is 0.570. The summed E-state index contributed by atoms with van der Waals surface area (Å²) in [6.07, 6.45) is 3.15. The zero-order valence-electron chi connectivity index (χ0n) is 15.8. The second kappa shape index (κ2) is 8.60. The molecule has 0 spiro atoms. The first-order chi connectivity index (χ1) is 13.7. The molecule has 28 heavy (non-hydrogen) atoms. The summed E-state index contributed by atoms with van der Waals surface area (Å²) in [5.74, 6) is 2.24. The Morgan fingerprint density at radius 1 is 1.18 bits per heavy atom. The summed E-state index contributed by atoms with van der Waals surface area (Å²) >= 11 is 3.50. The van der Waals surface area contributed by atoms with Crippen molar-refractivity contribution in [3.05, 3.63) is 59.0 Å². The lowest BCUT2D eigenvalue weighted by molar-refractivity contribution is 0.565. The summed E-state index contributed by atoms with van der Waals surface area (Å²) in [6.45, 7) is 3.61. The Morgan fingerprint density at radius 2 is 2.04 bits per heavy atom. The van der Waals surface area contributed by atoms with Crippen molar-refractivity contribution < 1.29 is 0 Å². The van der Waals surface area contributed by atoms with E-state index in [1.165, 1.54) is 12.1 Å². The molecule has 2 N–H and O–H groups in total. The predicted molar refractivity (Wildman–Crippen MR) is 116 cm³/mol. The Kier molecular flexibility index (Phi) is 5.76. The van der Waals surface area contributed by atoms with Crippen LogP contribution < -0.4 is 15.5 Å². The van der Waals surface area contributed by atoms with E-state index in [-0.39, 0.29) is 0 Å². The van der Waals surface area contributed by atoms with E-state index < -0.39 is 0 Å². The number of rotatable bonds is 5. The van der Waals surface area contributed by atoms with Crippen molar-refractivity contribution in [1.29, 1.82) is 0 Å². The first kappa shape index (κ1) is 18.7. The van der Waals surface area contributed by atoms with Crippen LogP contribution in [-0.4, -0.2) is 47.2 Å². The Morgan fingerprint density at radius 3 is 2.86 bits per heavy atom. The fraction of sp³-hybridized carbons (Fsp3) is 0.350. The van der Waals surface area contributed by atoms with Crippen LogP contribution >= 0.6 is 15.9 Å². The summed E-state index contributed by atoms with van der Waals surface area (Å²) < 4.78 is 3.09. The summed E-state index contributed by atoms with van der Waals surface area (Å²) in [5, 5.41) is 15.2. The van der Waals surface area contributed by atoms with Crippen LogP contribution in [0.4, 0.5) is 5.69 Å². The van der Waals surface area contributed by atoms with Crippen LogP contribution in [-0.2, 0) is 6.54 Å². The third-order valence-electron chi connectivity index (χ3n) is 5.06. The average Bonchev–Trinajstić information content (AvgIpc) is 3.36. The molecule has 0 bridgehead atoms. The van der Waals surface area contributed by atoms with E-state index >= 15 is 0 Å². The van der Waals surface area contributed by atoms with Crippen molar-refractivity contribution in [2.24, 2.45) is 10.9 Å². The Hall–Kier alpha value is -2.61. The summed E-state index contributed by atoms with van der Waals surface area (Å²) in [7, 11) is 1.79. The fourth-order valence-electron chi connectivity index (χ4n) is 3.52. The number of nitrogens with one attached hydrogen (secondary N) is 2. The van der Waals surface area contributed by atoms with Crippen LogP contribution in [0.1, 0.15) is 12.2 Å². The lowest BCUT2D eigenvalue weighted by atomic mass is 10.1. The number of aliphatic imine (C=N–C) groups is 1. The van der Waals surface area contributed by atoms with Crippen LogP contribution in [0.2, 0.25) is 0 Å². The molecule has 1 atom stereocenters. The monoisotopic (exact) mass is 441 g/mol. The molecule has 3 heterocycles. The molecule has 0 saturated carbocycles. The maximum atomic E-state index is 4.33. The van der Waals surface area contributed by atoms with Crippen molar-refractivity contribution in [3.8, 4) is 0 Å². The van der Waals surface area contributed by atoms with Gasteiger partial charge >= 0.3 is 0 Å². The quantitative estimate of drug-likeness (QED) is 0.470. The number of pyridine rings is 1. The number of hydrogen-bond donors (Lipinski definition) is 2. The molecule has 1 aliphatic heterocycles. The number of guanidine groups is 1. The largest absolute Gasteiger partial charge is 0.371 e. The number of aromatic nitrogens is 3. The molecule has 0 radical (unpaired) electrons. The minimum Gasteiger partial charge on any atom is -0.371 e. The van der Waals surface area contributed by atoms with E-state index in [9.17, 15) is 0 Å². The third kappa shape index (κ3) is 4.27. The topological polar surface area (TPSA) is 69.8 Å². The third-order valence-corrected chi connectivity index (χ3v) is 5.59. The van der Waals surface area contributed by atoms with Crippen LogP contribution in [0.3, 0.4) is 0 Å². The second-order valence-corrected chi connectivity index (χ2v) is 7.84. The highest BCUT2D eigenvalue weighted by atomic mass is 79.9. The molecule has 2 aromatic heterocycles. The molecule has 1 aromatic carbocycles. The van der Waals surface area contributed by atoms with E-state index in [1.807, 2.05) is 28.8 Å². The number of nitrogens with zero attached hydrogens (tertiary/aromatic N) is 5. The fourth-order valence-corrected chi connectivity index (χ4v) is 3.79. The standard InChI is InChI=1S/C20H24BrN7/c1-22-20(24-13-19-26-25-18-4-2-3-10-28(18)19)23-12-15-9-11-27(14-15)17-7-5-16(21)6-8-17/h2-8,10,15H,9,11-14H2,1H3,(H2,22,23,24). The molecule has 4 rings (SSSR count). The van der Waals surface area contributed by atoms with Crippen molar-refractivity contribution in [2.75, 3.05) is 31.6 Å². The summed E-state index contributed by atoms with van der Waals surface area (Å²) in [6, 6.07) is 14.4. The van der Waals surface area contributed by atoms with Gasteiger partial charge < -0.3 is 15.5 Å².